The predicted molar refractivity (Wildman–Crippen MR) is 52.2 cm³/mol. The Morgan fingerprint density at radius 1 is 1.57 bits per heavy atom. The Kier molecular flexibility index (Phi) is 2.56. The van der Waals surface area contributed by atoms with Crippen molar-refractivity contribution < 1.29 is 9.84 Å². The second kappa shape index (κ2) is 3.71. The number of hydrogen-bond acceptors (Lipinski definition) is 3. The van der Waals surface area contributed by atoms with Crippen LogP contribution < -0.4 is 0 Å². The number of nitrogens with zero attached hydrogens (tertiary/aromatic N) is 2. The summed E-state index contributed by atoms with van der Waals surface area (Å²) in [6.07, 6.45) is 3.29. The third kappa shape index (κ3) is 1.55. The molecule has 0 spiro atoms. The average Bonchev–Trinajstić information content (AvgIpc) is 2.70. The predicted octanol–water partition coefficient (Wildman–Crippen LogP) is 0.939. The minimum atomic E-state index is -0.401. The molecule has 2 rings (SSSR count). The largest absolute Gasteiger partial charge is 0.388 e. The van der Waals surface area contributed by atoms with E-state index >= 15 is 0 Å². The lowest BCUT2D eigenvalue weighted by Gasteiger charge is -2.18. The van der Waals surface area contributed by atoms with Gasteiger partial charge in [-0.05, 0) is 0 Å². The first-order chi connectivity index (χ1) is 6.70. The molecule has 1 aromatic heterocycles. The Morgan fingerprint density at radius 3 is 2.93 bits per heavy atom. The van der Waals surface area contributed by atoms with E-state index in [9.17, 15) is 5.11 Å². The van der Waals surface area contributed by atoms with E-state index in [1.54, 1.807) is 6.20 Å². The molecule has 0 radical (unpaired) electrons. The van der Waals surface area contributed by atoms with E-state index in [1.165, 1.54) is 0 Å². The van der Waals surface area contributed by atoms with Gasteiger partial charge in [-0.25, -0.2) is 4.98 Å². The number of aromatic nitrogens is 2. The lowest BCUT2D eigenvalue weighted by Crippen LogP contribution is -2.23. The van der Waals surface area contributed by atoms with Crippen molar-refractivity contribution in [1.82, 2.24) is 9.55 Å². The highest BCUT2D eigenvalue weighted by atomic mass is 16.5. The Bertz CT molecular complexity index is 309. The van der Waals surface area contributed by atoms with Gasteiger partial charge >= 0.3 is 0 Å². The van der Waals surface area contributed by atoms with Crippen LogP contribution in [0.2, 0.25) is 0 Å². The molecule has 78 valence electrons. The molecule has 0 unspecified atom stereocenters. The van der Waals surface area contributed by atoms with Crippen LogP contribution in [-0.2, 0) is 4.74 Å². The van der Waals surface area contributed by atoms with Gasteiger partial charge < -0.3 is 14.4 Å². The molecular weight excluding hydrogens is 180 g/mol. The molecule has 0 aromatic carbocycles. The zero-order valence-electron chi connectivity index (χ0n) is 8.55. The Hall–Kier alpha value is -0.870. The molecule has 1 N–H and O–H groups in total. The topological polar surface area (TPSA) is 47.3 Å². The fourth-order valence-corrected chi connectivity index (χ4v) is 1.85. The second-order valence-electron chi connectivity index (χ2n) is 4.02. The third-order valence-electron chi connectivity index (χ3n) is 2.59. The number of imidazole rings is 1. The summed E-state index contributed by atoms with van der Waals surface area (Å²) >= 11 is 0. The van der Waals surface area contributed by atoms with Gasteiger partial charge in [0.1, 0.15) is 11.9 Å². The number of aliphatic hydroxyl groups is 1. The van der Waals surface area contributed by atoms with Gasteiger partial charge in [0.15, 0.2) is 0 Å². The molecule has 0 bridgehead atoms. The molecule has 1 aliphatic rings. The standard InChI is InChI=1S/C10H16N2O2/c1-7(2)10-11-3-4-12(10)8-5-14-6-9(8)13/h3-4,7-9,13H,5-6H2,1-2H3/t8-,9-/m1/s1. The fourth-order valence-electron chi connectivity index (χ4n) is 1.85. The molecule has 2 atom stereocenters. The van der Waals surface area contributed by atoms with Crippen molar-refractivity contribution >= 4 is 0 Å². The van der Waals surface area contributed by atoms with Gasteiger partial charge in [0.05, 0.1) is 19.3 Å². The summed E-state index contributed by atoms with van der Waals surface area (Å²) in [6, 6.07) is 0.0369. The summed E-state index contributed by atoms with van der Waals surface area (Å²) in [6.45, 7) is 5.21. The molecule has 0 aliphatic carbocycles. The normalized spacial score (nSPS) is 27.4. The summed E-state index contributed by atoms with van der Waals surface area (Å²) < 4.78 is 7.26. The van der Waals surface area contributed by atoms with Gasteiger partial charge in [-0.2, -0.15) is 0 Å². The maximum absolute atomic E-state index is 9.69. The summed E-state index contributed by atoms with van der Waals surface area (Å²) in [5, 5.41) is 9.69. The molecule has 0 saturated carbocycles. The van der Waals surface area contributed by atoms with Crippen LogP contribution in [-0.4, -0.2) is 34.0 Å². The molecule has 4 heteroatoms. The minimum Gasteiger partial charge on any atom is -0.388 e. The molecule has 1 aromatic rings. The van der Waals surface area contributed by atoms with Gasteiger partial charge in [0, 0.05) is 18.3 Å². The van der Waals surface area contributed by atoms with Crippen LogP contribution in [0.5, 0.6) is 0 Å². The van der Waals surface area contributed by atoms with E-state index in [2.05, 4.69) is 18.8 Å². The van der Waals surface area contributed by atoms with Crippen molar-refractivity contribution in [1.29, 1.82) is 0 Å². The Labute approximate surface area is 83.5 Å². The summed E-state index contributed by atoms with van der Waals surface area (Å²) in [7, 11) is 0. The van der Waals surface area contributed by atoms with E-state index in [0.29, 0.717) is 19.1 Å². The number of aliphatic hydroxyl groups excluding tert-OH is 1. The smallest absolute Gasteiger partial charge is 0.111 e. The van der Waals surface area contributed by atoms with E-state index in [0.717, 1.165) is 5.82 Å². The van der Waals surface area contributed by atoms with Gasteiger partial charge in [-0.3, -0.25) is 0 Å². The van der Waals surface area contributed by atoms with Gasteiger partial charge in [0.2, 0.25) is 0 Å². The van der Waals surface area contributed by atoms with Crippen LogP contribution in [0.25, 0.3) is 0 Å². The third-order valence-corrected chi connectivity index (χ3v) is 2.59. The van der Waals surface area contributed by atoms with Gasteiger partial charge in [-0.15, -0.1) is 0 Å². The molecule has 1 fully saturated rings. The Balaban J connectivity index is 2.26. The highest BCUT2D eigenvalue weighted by molar-refractivity contribution is 5.02. The zero-order chi connectivity index (χ0) is 10.1. The quantitative estimate of drug-likeness (QED) is 0.765. The van der Waals surface area contributed by atoms with Crippen LogP contribution in [0.4, 0.5) is 0 Å². The minimum absolute atomic E-state index is 0.0369. The first-order valence-electron chi connectivity index (χ1n) is 4.98. The van der Waals surface area contributed by atoms with Crippen LogP contribution in [0, 0.1) is 0 Å². The lowest BCUT2D eigenvalue weighted by molar-refractivity contribution is 0.119. The van der Waals surface area contributed by atoms with Crippen molar-refractivity contribution in [3.05, 3.63) is 18.2 Å². The molecule has 1 aliphatic heterocycles. The van der Waals surface area contributed by atoms with Crippen LogP contribution in [0.15, 0.2) is 12.4 Å². The van der Waals surface area contributed by atoms with Crippen LogP contribution in [0.1, 0.15) is 31.6 Å². The number of ether oxygens (including phenoxy) is 1. The van der Waals surface area contributed by atoms with E-state index in [1.807, 2.05) is 10.8 Å². The lowest BCUT2D eigenvalue weighted by atomic mass is 10.1. The maximum Gasteiger partial charge on any atom is 0.111 e. The molecular formula is C10H16N2O2. The first-order valence-corrected chi connectivity index (χ1v) is 4.98. The number of hydrogen-bond donors (Lipinski definition) is 1. The molecule has 1 saturated heterocycles. The van der Waals surface area contributed by atoms with E-state index in [4.69, 9.17) is 4.74 Å². The summed E-state index contributed by atoms with van der Waals surface area (Å²) in [4.78, 5) is 4.29. The highest BCUT2D eigenvalue weighted by Crippen LogP contribution is 2.24. The number of rotatable bonds is 2. The van der Waals surface area contributed by atoms with Gasteiger partial charge in [0.25, 0.3) is 0 Å². The Morgan fingerprint density at radius 2 is 2.36 bits per heavy atom. The van der Waals surface area contributed by atoms with Crippen molar-refractivity contribution in [2.24, 2.45) is 0 Å². The van der Waals surface area contributed by atoms with E-state index in [-0.39, 0.29) is 6.04 Å². The monoisotopic (exact) mass is 196 g/mol. The molecule has 14 heavy (non-hydrogen) atoms. The van der Waals surface area contributed by atoms with E-state index < -0.39 is 6.10 Å². The van der Waals surface area contributed by atoms with Crippen LogP contribution >= 0.6 is 0 Å². The summed E-state index contributed by atoms with van der Waals surface area (Å²) in [5.41, 5.74) is 0. The van der Waals surface area contributed by atoms with Crippen molar-refractivity contribution in [2.45, 2.75) is 31.9 Å². The SMILES string of the molecule is CC(C)c1nccn1[C@@H]1COC[C@H]1O. The molecule has 0 amide bonds. The zero-order valence-corrected chi connectivity index (χ0v) is 8.55. The van der Waals surface area contributed by atoms with Crippen molar-refractivity contribution in [3.63, 3.8) is 0 Å². The highest BCUT2D eigenvalue weighted by Gasteiger charge is 2.29. The molecule has 4 nitrogen and oxygen atoms in total. The second-order valence-corrected chi connectivity index (χ2v) is 4.02. The maximum atomic E-state index is 9.69. The first kappa shape index (κ1) is 9.68. The van der Waals surface area contributed by atoms with Gasteiger partial charge in [-0.1, -0.05) is 13.8 Å². The van der Waals surface area contributed by atoms with Crippen LogP contribution in [0.3, 0.4) is 0 Å². The molecule has 2 heterocycles. The van der Waals surface area contributed by atoms with Crippen molar-refractivity contribution in [3.8, 4) is 0 Å². The van der Waals surface area contributed by atoms with Crippen molar-refractivity contribution in [2.75, 3.05) is 13.2 Å². The fraction of sp³-hybridized carbons (Fsp3) is 0.700. The summed E-state index contributed by atoms with van der Waals surface area (Å²) in [5.74, 6) is 1.39. The average molecular weight is 196 g/mol.